The molecule has 3 aliphatic rings. The third-order valence-corrected chi connectivity index (χ3v) is 8.25. The van der Waals surface area contributed by atoms with Gasteiger partial charge in [0, 0.05) is 51.6 Å². The third kappa shape index (κ3) is 4.39. The molecule has 1 aromatic carbocycles. The number of hydrogen-bond donors (Lipinski definition) is 0. The molecule has 2 fully saturated rings. The molecule has 5 nitrogen and oxygen atoms in total. The van der Waals surface area contributed by atoms with Crippen LogP contribution in [-0.2, 0) is 15.0 Å². The van der Waals surface area contributed by atoms with Crippen LogP contribution in [0.1, 0.15) is 69.4 Å². The van der Waals surface area contributed by atoms with Crippen LogP contribution in [0.2, 0.25) is 0 Å². The number of likely N-dealkylation sites (tertiary alicyclic amines) is 1. The smallest absolute Gasteiger partial charge is 0.225 e. The van der Waals surface area contributed by atoms with Gasteiger partial charge in [0.1, 0.15) is 0 Å². The Bertz CT molecular complexity index is 788. The zero-order valence-corrected chi connectivity index (χ0v) is 19.6. The average Bonchev–Trinajstić information content (AvgIpc) is 3.08. The lowest BCUT2D eigenvalue weighted by Gasteiger charge is -2.41. The quantitative estimate of drug-likeness (QED) is 0.724. The standard InChI is InChI=1S/C26H39N3O2/c1-4-20(5-2)25(31)29-12-10-26(11-13-29)19-21(22-8-6-7-9-23(22)26)18-24(30)28-16-14-27(3)15-17-28/h6-9,20-21H,4-5,10-19H2,1-3H3/t21-/m0/s1. The van der Waals surface area contributed by atoms with Gasteiger partial charge in [0.25, 0.3) is 0 Å². The van der Waals surface area contributed by atoms with Crippen molar-refractivity contribution < 1.29 is 9.59 Å². The molecule has 0 radical (unpaired) electrons. The monoisotopic (exact) mass is 425 g/mol. The number of rotatable bonds is 5. The molecule has 0 N–H and O–H groups in total. The van der Waals surface area contributed by atoms with Crippen molar-refractivity contribution in [2.75, 3.05) is 46.3 Å². The second-order valence-electron chi connectivity index (χ2n) is 10.00. The van der Waals surface area contributed by atoms with E-state index in [4.69, 9.17) is 0 Å². The number of hydrogen-bond acceptors (Lipinski definition) is 3. The molecule has 31 heavy (non-hydrogen) atoms. The van der Waals surface area contributed by atoms with Crippen molar-refractivity contribution in [3.8, 4) is 0 Å². The van der Waals surface area contributed by atoms with E-state index in [0.29, 0.717) is 24.2 Å². The Kier molecular flexibility index (Phi) is 6.71. The summed E-state index contributed by atoms with van der Waals surface area (Å²) < 4.78 is 0. The molecule has 0 unspecified atom stereocenters. The molecule has 0 saturated carbocycles. The summed E-state index contributed by atoms with van der Waals surface area (Å²) in [5, 5.41) is 0. The van der Waals surface area contributed by atoms with Crippen LogP contribution in [0.3, 0.4) is 0 Å². The highest BCUT2D eigenvalue weighted by Gasteiger charge is 2.46. The topological polar surface area (TPSA) is 43.9 Å². The van der Waals surface area contributed by atoms with Crippen LogP contribution in [0.15, 0.2) is 24.3 Å². The number of amides is 2. The molecule has 4 rings (SSSR count). The fourth-order valence-corrected chi connectivity index (χ4v) is 6.13. The molecule has 0 aromatic heterocycles. The molecule has 1 atom stereocenters. The highest BCUT2D eigenvalue weighted by Crippen LogP contribution is 2.52. The van der Waals surface area contributed by atoms with Crippen molar-refractivity contribution in [3.63, 3.8) is 0 Å². The fraction of sp³-hybridized carbons (Fsp3) is 0.692. The minimum atomic E-state index is 0.133. The van der Waals surface area contributed by atoms with Gasteiger partial charge in [0.15, 0.2) is 0 Å². The average molecular weight is 426 g/mol. The van der Waals surface area contributed by atoms with E-state index in [2.05, 4.69) is 59.9 Å². The molecule has 2 aliphatic heterocycles. The number of benzene rings is 1. The van der Waals surface area contributed by atoms with Crippen molar-refractivity contribution >= 4 is 11.8 Å². The summed E-state index contributed by atoms with van der Waals surface area (Å²) in [6.07, 6.45) is 5.58. The minimum absolute atomic E-state index is 0.133. The molecular weight excluding hydrogens is 386 g/mol. The molecule has 2 heterocycles. The molecule has 2 saturated heterocycles. The van der Waals surface area contributed by atoms with E-state index >= 15 is 0 Å². The largest absolute Gasteiger partial charge is 0.342 e. The molecule has 0 bridgehead atoms. The Morgan fingerprint density at radius 1 is 0.968 bits per heavy atom. The van der Waals surface area contributed by atoms with E-state index in [1.165, 1.54) is 11.1 Å². The molecule has 170 valence electrons. The SMILES string of the molecule is CCC(CC)C(=O)N1CCC2(CC1)C[C@H](CC(=O)N1CCN(C)CC1)c1ccccc12. The number of carbonyl (C=O) groups excluding carboxylic acids is 2. The lowest BCUT2D eigenvalue weighted by molar-refractivity contribution is -0.137. The molecule has 2 amide bonds. The minimum Gasteiger partial charge on any atom is -0.342 e. The lowest BCUT2D eigenvalue weighted by atomic mass is 9.73. The summed E-state index contributed by atoms with van der Waals surface area (Å²) in [6.45, 7) is 9.57. The van der Waals surface area contributed by atoms with E-state index < -0.39 is 0 Å². The van der Waals surface area contributed by atoms with Gasteiger partial charge in [-0.2, -0.15) is 0 Å². The Hall–Kier alpha value is -1.88. The van der Waals surface area contributed by atoms with Crippen LogP contribution in [0.4, 0.5) is 0 Å². The fourth-order valence-electron chi connectivity index (χ4n) is 6.13. The Labute approximate surface area is 187 Å². The number of nitrogens with zero attached hydrogens (tertiary/aromatic N) is 3. The first-order valence-electron chi connectivity index (χ1n) is 12.3. The van der Waals surface area contributed by atoms with Crippen LogP contribution in [0.5, 0.6) is 0 Å². The van der Waals surface area contributed by atoms with Gasteiger partial charge in [-0.1, -0.05) is 38.1 Å². The van der Waals surface area contributed by atoms with Gasteiger partial charge in [0.05, 0.1) is 0 Å². The van der Waals surface area contributed by atoms with Crippen LogP contribution >= 0.6 is 0 Å². The van der Waals surface area contributed by atoms with E-state index in [0.717, 1.165) is 71.4 Å². The number of piperazine rings is 1. The summed E-state index contributed by atoms with van der Waals surface area (Å²) in [4.78, 5) is 32.4. The first-order valence-corrected chi connectivity index (χ1v) is 12.3. The van der Waals surface area contributed by atoms with E-state index in [-0.39, 0.29) is 11.3 Å². The molecule has 1 aromatic rings. The molecule has 5 heteroatoms. The summed E-state index contributed by atoms with van der Waals surface area (Å²) >= 11 is 0. The number of likely N-dealkylation sites (N-methyl/N-ethyl adjacent to an activating group) is 1. The van der Waals surface area contributed by atoms with Crippen LogP contribution in [0.25, 0.3) is 0 Å². The van der Waals surface area contributed by atoms with Gasteiger partial charge in [-0.15, -0.1) is 0 Å². The van der Waals surface area contributed by atoms with Gasteiger partial charge in [-0.25, -0.2) is 0 Å². The normalized spacial score (nSPS) is 23.4. The van der Waals surface area contributed by atoms with Gasteiger partial charge in [-0.05, 0) is 61.6 Å². The van der Waals surface area contributed by atoms with E-state index in [1.807, 2.05) is 0 Å². The molecular formula is C26H39N3O2. The maximum absolute atomic E-state index is 13.1. The second kappa shape index (κ2) is 9.32. The van der Waals surface area contributed by atoms with Crippen LogP contribution < -0.4 is 0 Å². The zero-order valence-electron chi connectivity index (χ0n) is 19.6. The maximum atomic E-state index is 13.1. The van der Waals surface area contributed by atoms with Gasteiger partial charge < -0.3 is 14.7 Å². The number of piperidine rings is 1. The van der Waals surface area contributed by atoms with Crippen LogP contribution in [0, 0.1) is 5.92 Å². The highest BCUT2D eigenvalue weighted by atomic mass is 16.2. The Morgan fingerprint density at radius 3 is 2.26 bits per heavy atom. The predicted molar refractivity (Wildman–Crippen MR) is 124 cm³/mol. The van der Waals surface area contributed by atoms with E-state index in [1.54, 1.807) is 0 Å². The van der Waals surface area contributed by atoms with Gasteiger partial charge in [0.2, 0.25) is 11.8 Å². The number of fused-ring (bicyclic) bond motifs is 2. The Morgan fingerprint density at radius 2 is 1.61 bits per heavy atom. The summed E-state index contributed by atoms with van der Waals surface area (Å²) in [5.74, 6) is 1.13. The summed E-state index contributed by atoms with van der Waals surface area (Å²) in [7, 11) is 2.12. The van der Waals surface area contributed by atoms with Crippen molar-refractivity contribution in [2.24, 2.45) is 5.92 Å². The number of carbonyl (C=O) groups is 2. The highest BCUT2D eigenvalue weighted by molar-refractivity contribution is 5.79. The molecule has 1 aliphatic carbocycles. The second-order valence-corrected chi connectivity index (χ2v) is 10.00. The Balaban J connectivity index is 1.45. The van der Waals surface area contributed by atoms with Crippen molar-refractivity contribution in [1.82, 2.24) is 14.7 Å². The predicted octanol–water partition coefficient (Wildman–Crippen LogP) is 3.63. The zero-order chi connectivity index (χ0) is 22.0. The van der Waals surface area contributed by atoms with E-state index in [9.17, 15) is 9.59 Å². The summed E-state index contributed by atoms with van der Waals surface area (Å²) in [6, 6.07) is 8.80. The van der Waals surface area contributed by atoms with Crippen molar-refractivity contribution in [1.29, 1.82) is 0 Å². The van der Waals surface area contributed by atoms with Crippen LogP contribution in [-0.4, -0.2) is 72.8 Å². The maximum Gasteiger partial charge on any atom is 0.225 e. The lowest BCUT2D eigenvalue weighted by Crippen LogP contribution is -2.47. The van der Waals surface area contributed by atoms with Crippen molar-refractivity contribution in [2.45, 2.75) is 63.7 Å². The van der Waals surface area contributed by atoms with Gasteiger partial charge >= 0.3 is 0 Å². The van der Waals surface area contributed by atoms with Gasteiger partial charge in [-0.3, -0.25) is 9.59 Å². The first-order chi connectivity index (χ1) is 15.0. The first kappa shape index (κ1) is 22.3. The van der Waals surface area contributed by atoms with Crippen molar-refractivity contribution in [3.05, 3.63) is 35.4 Å². The summed E-state index contributed by atoms with van der Waals surface area (Å²) in [5.41, 5.74) is 2.96. The molecule has 1 spiro atoms. The third-order valence-electron chi connectivity index (χ3n) is 8.25.